The van der Waals surface area contributed by atoms with Crippen LogP contribution in [0, 0.1) is 0 Å². The lowest BCUT2D eigenvalue weighted by atomic mass is 9.95. The van der Waals surface area contributed by atoms with Gasteiger partial charge in [0.15, 0.2) is 0 Å². The first-order valence-corrected chi connectivity index (χ1v) is 8.42. The van der Waals surface area contributed by atoms with Gasteiger partial charge in [0.1, 0.15) is 11.3 Å². The number of pyridine rings is 1. The topological polar surface area (TPSA) is 73.4 Å². The molecule has 5 heteroatoms. The van der Waals surface area contributed by atoms with E-state index < -0.39 is 0 Å². The minimum absolute atomic E-state index is 0.152. The standard InChI is InChI=1S/C19H22N2O3/c22-16-10-7-14(8-11-16)6-9-15-4-1-2-13-21(15)19(24)17-5-3-12-20-18(17)23/h3,5,7-8,10-12,15,22H,1-2,4,6,9,13H2,(H,20,23)/t15-/m1/s1. The van der Waals surface area contributed by atoms with Gasteiger partial charge in [-0.15, -0.1) is 0 Å². The first kappa shape index (κ1) is 16.3. The lowest BCUT2D eigenvalue weighted by Gasteiger charge is -2.36. The summed E-state index contributed by atoms with van der Waals surface area (Å²) in [6.45, 7) is 0.702. The number of nitrogens with zero attached hydrogens (tertiary/aromatic N) is 1. The van der Waals surface area contributed by atoms with Gasteiger partial charge in [0, 0.05) is 18.8 Å². The van der Waals surface area contributed by atoms with Crippen molar-refractivity contribution in [2.45, 2.75) is 38.1 Å². The molecule has 1 aliphatic rings. The van der Waals surface area contributed by atoms with Crippen molar-refractivity contribution in [3.05, 3.63) is 64.1 Å². The lowest BCUT2D eigenvalue weighted by molar-refractivity contribution is 0.0600. The Labute approximate surface area is 140 Å². The predicted octanol–water partition coefficient (Wildman–Crippen LogP) is 2.71. The molecule has 1 amide bonds. The van der Waals surface area contributed by atoms with Gasteiger partial charge in [-0.3, -0.25) is 9.59 Å². The Morgan fingerprint density at radius 3 is 2.75 bits per heavy atom. The molecule has 0 spiro atoms. The van der Waals surface area contributed by atoms with Gasteiger partial charge in [-0.2, -0.15) is 0 Å². The summed E-state index contributed by atoms with van der Waals surface area (Å²) in [6, 6.07) is 10.6. The number of aromatic nitrogens is 1. The maximum atomic E-state index is 12.8. The van der Waals surface area contributed by atoms with E-state index in [0.717, 1.165) is 37.7 Å². The monoisotopic (exact) mass is 326 g/mol. The van der Waals surface area contributed by atoms with Crippen molar-refractivity contribution in [1.82, 2.24) is 9.88 Å². The number of phenolic OH excluding ortho intramolecular Hbond substituents is 1. The van der Waals surface area contributed by atoms with Crippen molar-refractivity contribution in [2.24, 2.45) is 0 Å². The van der Waals surface area contributed by atoms with Crippen molar-refractivity contribution in [2.75, 3.05) is 6.54 Å². The number of phenols is 1. The van der Waals surface area contributed by atoms with E-state index in [2.05, 4.69) is 4.98 Å². The Morgan fingerprint density at radius 1 is 1.21 bits per heavy atom. The van der Waals surface area contributed by atoms with E-state index in [1.54, 1.807) is 24.3 Å². The molecule has 24 heavy (non-hydrogen) atoms. The van der Waals surface area contributed by atoms with Crippen LogP contribution in [0.25, 0.3) is 0 Å². The number of carbonyl (C=O) groups is 1. The zero-order valence-electron chi connectivity index (χ0n) is 13.6. The zero-order chi connectivity index (χ0) is 16.9. The molecule has 0 radical (unpaired) electrons. The summed E-state index contributed by atoms with van der Waals surface area (Å²) in [5.41, 5.74) is 1.03. The highest BCUT2D eigenvalue weighted by Crippen LogP contribution is 2.23. The Bertz CT molecular complexity index is 752. The number of piperidine rings is 1. The van der Waals surface area contributed by atoms with Gasteiger partial charge in [0.25, 0.3) is 11.5 Å². The van der Waals surface area contributed by atoms with Gasteiger partial charge in [-0.25, -0.2) is 0 Å². The molecule has 1 aliphatic heterocycles. The van der Waals surface area contributed by atoms with Crippen molar-refractivity contribution < 1.29 is 9.90 Å². The molecule has 5 nitrogen and oxygen atoms in total. The highest BCUT2D eigenvalue weighted by Gasteiger charge is 2.28. The van der Waals surface area contributed by atoms with Crippen molar-refractivity contribution in [3.8, 4) is 5.75 Å². The molecule has 1 fully saturated rings. The van der Waals surface area contributed by atoms with Gasteiger partial charge in [-0.05, 0) is 61.9 Å². The maximum absolute atomic E-state index is 12.8. The number of rotatable bonds is 4. The van der Waals surface area contributed by atoms with Crippen LogP contribution in [0.2, 0.25) is 0 Å². The fraction of sp³-hybridized carbons (Fsp3) is 0.368. The molecule has 1 aromatic heterocycles. The van der Waals surface area contributed by atoms with E-state index in [1.165, 1.54) is 6.20 Å². The van der Waals surface area contributed by atoms with Crippen LogP contribution >= 0.6 is 0 Å². The van der Waals surface area contributed by atoms with E-state index in [0.29, 0.717) is 6.54 Å². The molecule has 126 valence electrons. The normalized spacial score (nSPS) is 17.7. The zero-order valence-corrected chi connectivity index (χ0v) is 13.6. The van der Waals surface area contributed by atoms with Gasteiger partial charge in [0.05, 0.1) is 0 Å². The third kappa shape index (κ3) is 3.67. The Morgan fingerprint density at radius 2 is 2.00 bits per heavy atom. The number of hydrogen-bond acceptors (Lipinski definition) is 3. The summed E-state index contributed by atoms with van der Waals surface area (Å²) in [7, 11) is 0. The second-order valence-electron chi connectivity index (χ2n) is 6.27. The fourth-order valence-corrected chi connectivity index (χ4v) is 3.31. The van der Waals surface area contributed by atoms with Crippen LogP contribution in [0.3, 0.4) is 0 Å². The fourth-order valence-electron chi connectivity index (χ4n) is 3.31. The van der Waals surface area contributed by atoms with E-state index in [9.17, 15) is 14.7 Å². The highest BCUT2D eigenvalue weighted by atomic mass is 16.3. The lowest BCUT2D eigenvalue weighted by Crippen LogP contribution is -2.45. The van der Waals surface area contributed by atoms with E-state index in [1.807, 2.05) is 17.0 Å². The van der Waals surface area contributed by atoms with E-state index >= 15 is 0 Å². The predicted molar refractivity (Wildman–Crippen MR) is 92.2 cm³/mol. The second-order valence-corrected chi connectivity index (χ2v) is 6.27. The van der Waals surface area contributed by atoms with Crippen molar-refractivity contribution >= 4 is 5.91 Å². The molecule has 3 rings (SSSR count). The first-order chi connectivity index (χ1) is 11.6. The van der Waals surface area contributed by atoms with E-state index in [4.69, 9.17) is 0 Å². The summed E-state index contributed by atoms with van der Waals surface area (Å²) in [5.74, 6) is 0.0868. The maximum Gasteiger partial charge on any atom is 0.260 e. The Kier molecular flexibility index (Phi) is 4.99. The molecular weight excluding hydrogens is 304 g/mol. The first-order valence-electron chi connectivity index (χ1n) is 8.42. The number of aromatic hydroxyl groups is 1. The van der Waals surface area contributed by atoms with Crippen molar-refractivity contribution in [3.63, 3.8) is 0 Å². The number of hydrogen-bond donors (Lipinski definition) is 2. The Hall–Kier alpha value is -2.56. The molecule has 0 aliphatic carbocycles. The minimum Gasteiger partial charge on any atom is -0.508 e. The summed E-state index contributed by atoms with van der Waals surface area (Å²) < 4.78 is 0. The largest absolute Gasteiger partial charge is 0.508 e. The molecular formula is C19H22N2O3. The van der Waals surface area contributed by atoms with Crippen LogP contribution in [0.4, 0.5) is 0 Å². The number of likely N-dealkylation sites (tertiary alicyclic amines) is 1. The van der Waals surface area contributed by atoms with Gasteiger partial charge < -0.3 is 15.0 Å². The number of benzene rings is 1. The number of aromatic amines is 1. The Balaban J connectivity index is 1.71. The number of H-pyrrole nitrogens is 1. The third-order valence-corrected chi connectivity index (χ3v) is 4.64. The minimum atomic E-state index is -0.328. The van der Waals surface area contributed by atoms with Gasteiger partial charge in [0.2, 0.25) is 0 Å². The van der Waals surface area contributed by atoms with E-state index in [-0.39, 0.29) is 28.8 Å². The molecule has 2 N–H and O–H groups in total. The highest BCUT2D eigenvalue weighted by molar-refractivity contribution is 5.94. The molecule has 0 saturated carbocycles. The average Bonchev–Trinajstić information content (AvgIpc) is 2.61. The van der Waals surface area contributed by atoms with Crippen LogP contribution in [-0.2, 0) is 6.42 Å². The smallest absolute Gasteiger partial charge is 0.260 e. The quantitative estimate of drug-likeness (QED) is 0.907. The summed E-state index contributed by atoms with van der Waals surface area (Å²) in [6.07, 6.45) is 6.30. The SMILES string of the molecule is O=C(c1ccc[nH]c1=O)N1CCCC[C@@H]1CCc1ccc(O)cc1. The van der Waals surface area contributed by atoms with Crippen LogP contribution in [0.1, 0.15) is 41.6 Å². The van der Waals surface area contributed by atoms with Gasteiger partial charge in [-0.1, -0.05) is 12.1 Å². The van der Waals surface area contributed by atoms with Crippen LogP contribution < -0.4 is 5.56 Å². The molecule has 2 aromatic rings. The number of aryl methyl sites for hydroxylation is 1. The summed E-state index contributed by atoms with van der Waals surface area (Å²) >= 11 is 0. The third-order valence-electron chi connectivity index (χ3n) is 4.64. The van der Waals surface area contributed by atoms with Crippen LogP contribution in [0.15, 0.2) is 47.4 Å². The molecule has 0 bridgehead atoms. The van der Waals surface area contributed by atoms with Crippen molar-refractivity contribution in [1.29, 1.82) is 0 Å². The van der Waals surface area contributed by atoms with Gasteiger partial charge >= 0.3 is 0 Å². The molecule has 1 saturated heterocycles. The summed E-state index contributed by atoms with van der Waals surface area (Å²) in [4.78, 5) is 29.1. The number of carbonyl (C=O) groups excluding carboxylic acids is 1. The number of nitrogens with one attached hydrogen (secondary N) is 1. The van der Waals surface area contributed by atoms with Crippen LogP contribution in [-0.4, -0.2) is 33.5 Å². The molecule has 1 aromatic carbocycles. The van der Waals surface area contributed by atoms with Crippen LogP contribution in [0.5, 0.6) is 5.75 Å². The summed E-state index contributed by atoms with van der Waals surface area (Å²) in [5, 5.41) is 9.36. The molecule has 0 unspecified atom stereocenters. The average molecular weight is 326 g/mol. The number of amides is 1. The molecule has 2 heterocycles. The molecule has 1 atom stereocenters. The second kappa shape index (κ2) is 7.34.